The van der Waals surface area contributed by atoms with Gasteiger partial charge in [0.05, 0.1) is 17.1 Å². The molecule has 0 atom stereocenters. The van der Waals surface area contributed by atoms with Gasteiger partial charge < -0.3 is 5.11 Å². The number of nitrogens with zero attached hydrogens (tertiary/aromatic N) is 2. The highest BCUT2D eigenvalue weighted by atomic mass is 35.5. The van der Waals surface area contributed by atoms with Gasteiger partial charge in [-0.05, 0) is 6.07 Å². The lowest BCUT2D eigenvalue weighted by Gasteiger charge is -2.04. The first-order valence-electron chi connectivity index (χ1n) is 3.70. The minimum atomic E-state index is -2.89. The van der Waals surface area contributed by atoms with E-state index in [0.29, 0.717) is 0 Å². The molecule has 0 bridgehead atoms. The van der Waals surface area contributed by atoms with Crippen LogP contribution in [0.3, 0.4) is 0 Å². The van der Waals surface area contributed by atoms with Crippen LogP contribution in [0.5, 0.6) is 0 Å². The normalized spacial score (nSPS) is 10.7. The molecule has 0 aliphatic heterocycles. The van der Waals surface area contributed by atoms with Crippen molar-refractivity contribution in [3.8, 4) is 0 Å². The molecule has 0 aromatic carbocycles. The zero-order chi connectivity index (χ0) is 11.6. The third-order valence-electron chi connectivity index (χ3n) is 1.63. The molecular weight excluding hydrogens is 234 g/mol. The molecule has 1 heterocycles. The first kappa shape index (κ1) is 11.7. The first-order valence-corrected chi connectivity index (χ1v) is 4.08. The molecule has 15 heavy (non-hydrogen) atoms. The standard InChI is InChI=1S/C7H5ClF2N2O3/c8-6-5(12(14)15)3(2-13)1-4(11-6)7(9)10/h1,7,13H,2H2. The maximum Gasteiger partial charge on any atom is 0.311 e. The van der Waals surface area contributed by atoms with E-state index in [-0.39, 0.29) is 5.56 Å². The Hall–Kier alpha value is -1.34. The van der Waals surface area contributed by atoms with Crippen molar-refractivity contribution in [2.24, 2.45) is 0 Å². The van der Waals surface area contributed by atoms with Crippen LogP contribution in [0.4, 0.5) is 14.5 Å². The molecule has 0 saturated carbocycles. The van der Waals surface area contributed by atoms with Crippen molar-refractivity contribution in [3.63, 3.8) is 0 Å². The Balaban J connectivity index is 3.37. The van der Waals surface area contributed by atoms with Crippen LogP contribution in [-0.4, -0.2) is 15.0 Å². The number of halogens is 3. The zero-order valence-corrected chi connectivity index (χ0v) is 7.91. The fraction of sp³-hybridized carbons (Fsp3) is 0.286. The van der Waals surface area contributed by atoms with Crippen molar-refractivity contribution in [3.05, 3.63) is 32.6 Å². The van der Waals surface area contributed by atoms with Crippen molar-refractivity contribution in [1.29, 1.82) is 0 Å². The number of rotatable bonds is 3. The van der Waals surface area contributed by atoms with Crippen LogP contribution in [0.15, 0.2) is 6.07 Å². The van der Waals surface area contributed by atoms with Crippen LogP contribution < -0.4 is 0 Å². The molecule has 0 saturated heterocycles. The number of pyridine rings is 1. The van der Waals surface area contributed by atoms with Gasteiger partial charge in [-0.1, -0.05) is 11.6 Å². The predicted molar refractivity (Wildman–Crippen MR) is 46.8 cm³/mol. The lowest BCUT2D eigenvalue weighted by molar-refractivity contribution is -0.386. The second-order valence-corrected chi connectivity index (χ2v) is 2.92. The zero-order valence-electron chi connectivity index (χ0n) is 7.15. The molecule has 0 aliphatic carbocycles. The van der Waals surface area contributed by atoms with Crippen molar-refractivity contribution < 1.29 is 18.8 Å². The topological polar surface area (TPSA) is 76.3 Å². The molecule has 0 unspecified atom stereocenters. The van der Waals surface area contributed by atoms with Gasteiger partial charge >= 0.3 is 5.69 Å². The fourth-order valence-corrected chi connectivity index (χ4v) is 1.29. The number of aliphatic hydroxyl groups is 1. The highest BCUT2D eigenvalue weighted by molar-refractivity contribution is 6.31. The average molecular weight is 239 g/mol. The molecule has 1 aromatic heterocycles. The maximum atomic E-state index is 12.2. The quantitative estimate of drug-likeness (QED) is 0.497. The first-order chi connectivity index (χ1) is 6.97. The summed E-state index contributed by atoms with van der Waals surface area (Å²) >= 11 is 5.36. The minimum Gasteiger partial charge on any atom is -0.391 e. The summed E-state index contributed by atoms with van der Waals surface area (Å²) < 4.78 is 24.4. The van der Waals surface area contributed by atoms with Gasteiger partial charge in [0.15, 0.2) is 0 Å². The summed E-state index contributed by atoms with van der Waals surface area (Å²) in [6.45, 7) is -0.752. The summed E-state index contributed by atoms with van der Waals surface area (Å²) in [4.78, 5) is 12.8. The SMILES string of the molecule is O=[N+]([O-])c1c(CO)cc(C(F)F)nc1Cl. The van der Waals surface area contributed by atoms with Gasteiger partial charge in [0.25, 0.3) is 6.43 Å². The Morgan fingerprint density at radius 3 is 2.67 bits per heavy atom. The lowest BCUT2D eigenvalue weighted by Crippen LogP contribution is -2.01. The molecule has 0 fully saturated rings. The van der Waals surface area contributed by atoms with E-state index in [9.17, 15) is 18.9 Å². The highest BCUT2D eigenvalue weighted by Crippen LogP contribution is 2.30. The second-order valence-electron chi connectivity index (χ2n) is 2.56. The Morgan fingerprint density at radius 2 is 2.27 bits per heavy atom. The maximum absolute atomic E-state index is 12.2. The summed E-state index contributed by atoms with van der Waals surface area (Å²) in [5.41, 5.74) is -1.63. The van der Waals surface area contributed by atoms with E-state index in [1.165, 1.54) is 0 Å². The van der Waals surface area contributed by atoms with Gasteiger partial charge in [0.2, 0.25) is 5.15 Å². The molecule has 5 nitrogen and oxygen atoms in total. The number of hydrogen-bond acceptors (Lipinski definition) is 4. The van der Waals surface area contributed by atoms with E-state index < -0.39 is 34.5 Å². The number of hydrogen-bond donors (Lipinski definition) is 1. The third-order valence-corrected chi connectivity index (χ3v) is 1.89. The molecule has 1 rings (SSSR count). The Labute approximate surface area is 87.5 Å². The summed E-state index contributed by atoms with van der Waals surface area (Å²) in [6, 6.07) is 0.759. The van der Waals surface area contributed by atoms with Crippen LogP contribution in [0, 0.1) is 10.1 Å². The van der Waals surface area contributed by atoms with Gasteiger partial charge in [-0.2, -0.15) is 0 Å². The van der Waals surface area contributed by atoms with E-state index in [4.69, 9.17) is 16.7 Å². The van der Waals surface area contributed by atoms with Crippen LogP contribution >= 0.6 is 11.6 Å². The fourth-order valence-electron chi connectivity index (χ4n) is 1.00. The molecule has 1 aromatic rings. The van der Waals surface area contributed by atoms with Crippen LogP contribution in [0.25, 0.3) is 0 Å². The van der Waals surface area contributed by atoms with Crippen LogP contribution in [-0.2, 0) is 6.61 Å². The average Bonchev–Trinajstić information content (AvgIpc) is 2.15. The van der Waals surface area contributed by atoms with Gasteiger partial charge in [0.1, 0.15) is 5.69 Å². The number of aromatic nitrogens is 1. The van der Waals surface area contributed by atoms with Gasteiger partial charge in [-0.3, -0.25) is 10.1 Å². The molecular formula is C7H5ClF2N2O3. The number of aliphatic hydroxyl groups excluding tert-OH is 1. The van der Waals surface area contributed by atoms with Crippen LogP contribution in [0.2, 0.25) is 5.15 Å². The predicted octanol–water partition coefficient (Wildman–Crippen LogP) is 2.07. The lowest BCUT2D eigenvalue weighted by atomic mass is 10.2. The molecule has 0 spiro atoms. The Kier molecular flexibility index (Phi) is 3.48. The molecule has 0 radical (unpaired) electrons. The minimum absolute atomic E-state index is 0.282. The van der Waals surface area contributed by atoms with E-state index in [2.05, 4.69) is 4.98 Å². The monoisotopic (exact) mass is 238 g/mol. The smallest absolute Gasteiger partial charge is 0.311 e. The second kappa shape index (κ2) is 4.45. The van der Waals surface area contributed by atoms with Crippen molar-refractivity contribution in [2.75, 3.05) is 0 Å². The molecule has 0 aliphatic rings. The van der Waals surface area contributed by atoms with Gasteiger partial charge in [0, 0.05) is 0 Å². The van der Waals surface area contributed by atoms with Gasteiger partial charge in [-0.25, -0.2) is 13.8 Å². The van der Waals surface area contributed by atoms with Crippen LogP contribution in [0.1, 0.15) is 17.7 Å². The number of alkyl halides is 2. The summed E-state index contributed by atoms with van der Waals surface area (Å²) in [5, 5.41) is 18.6. The molecule has 1 N–H and O–H groups in total. The summed E-state index contributed by atoms with van der Waals surface area (Å²) in [5.74, 6) is 0. The van der Waals surface area contributed by atoms with E-state index >= 15 is 0 Å². The van der Waals surface area contributed by atoms with Crippen molar-refractivity contribution >= 4 is 17.3 Å². The Morgan fingerprint density at radius 1 is 1.67 bits per heavy atom. The molecule has 82 valence electrons. The largest absolute Gasteiger partial charge is 0.391 e. The van der Waals surface area contributed by atoms with Crippen molar-refractivity contribution in [1.82, 2.24) is 4.98 Å². The third kappa shape index (κ3) is 2.37. The summed E-state index contributed by atoms with van der Waals surface area (Å²) in [6.07, 6.45) is -2.89. The van der Waals surface area contributed by atoms with E-state index in [1.54, 1.807) is 0 Å². The van der Waals surface area contributed by atoms with E-state index in [0.717, 1.165) is 6.07 Å². The Bertz CT molecular complexity index is 400. The summed E-state index contributed by atoms with van der Waals surface area (Å²) in [7, 11) is 0. The number of nitro groups is 1. The highest BCUT2D eigenvalue weighted by Gasteiger charge is 2.23. The van der Waals surface area contributed by atoms with Crippen molar-refractivity contribution in [2.45, 2.75) is 13.0 Å². The molecule has 0 amide bonds. The molecule has 8 heteroatoms. The van der Waals surface area contributed by atoms with Gasteiger partial charge in [-0.15, -0.1) is 0 Å². The van der Waals surface area contributed by atoms with E-state index in [1.807, 2.05) is 0 Å².